The Labute approximate surface area is 73.7 Å². The van der Waals surface area contributed by atoms with Crippen molar-refractivity contribution in [3.63, 3.8) is 0 Å². The third kappa shape index (κ3) is 0.686. The minimum Gasteiger partial charge on any atom is -0.380 e. The van der Waals surface area contributed by atoms with Gasteiger partial charge < -0.3 is 10.1 Å². The smallest absolute Gasteiger partial charge is 0.0541 e. The summed E-state index contributed by atoms with van der Waals surface area (Å²) in [5, 5.41) is 3.57. The maximum absolute atomic E-state index is 5.70. The van der Waals surface area contributed by atoms with Crippen LogP contribution >= 0.6 is 0 Å². The summed E-state index contributed by atoms with van der Waals surface area (Å²) in [6.45, 7) is 4.49. The molecule has 2 atom stereocenters. The van der Waals surface area contributed by atoms with Crippen molar-refractivity contribution in [2.24, 2.45) is 10.8 Å². The zero-order chi connectivity index (χ0) is 8.07. The van der Waals surface area contributed by atoms with Gasteiger partial charge in [0.05, 0.1) is 13.2 Å². The average Bonchev–Trinajstić information content (AvgIpc) is 2.57. The van der Waals surface area contributed by atoms with Crippen molar-refractivity contribution in [2.75, 3.05) is 26.3 Å². The molecule has 0 aromatic carbocycles. The third-order valence-electron chi connectivity index (χ3n) is 4.37. The van der Waals surface area contributed by atoms with Crippen molar-refractivity contribution in [1.82, 2.24) is 5.32 Å². The molecule has 0 radical (unpaired) electrons. The normalized spacial score (nSPS) is 52.0. The fourth-order valence-corrected chi connectivity index (χ4v) is 3.54. The van der Waals surface area contributed by atoms with Crippen LogP contribution in [0.4, 0.5) is 0 Å². The second-order valence-corrected chi connectivity index (χ2v) is 4.86. The summed E-state index contributed by atoms with van der Waals surface area (Å²) in [6, 6.07) is 0. The number of hydrogen-bond donors (Lipinski definition) is 1. The molecule has 1 saturated carbocycles. The molecular weight excluding hydrogens is 150 g/mol. The first-order chi connectivity index (χ1) is 5.87. The highest BCUT2D eigenvalue weighted by atomic mass is 16.5. The molecule has 3 fully saturated rings. The van der Waals surface area contributed by atoms with Crippen molar-refractivity contribution >= 4 is 0 Å². The summed E-state index contributed by atoms with van der Waals surface area (Å²) in [6.07, 6.45) is 5.65. The van der Waals surface area contributed by atoms with E-state index < -0.39 is 0 Å². The van der Waals surface area contributed by atoms with Crippen LogP contribution in [-0.4, -0.2) is 26.3 Å². The first-order valence-electron chi connectivity index (χ1n) is 5.16. The van der Waals surface area contributed by atoms with Gasteiger partial charge in [-0.3, -0.25) is 0 Å². The Morgan fingerprint density at radius 3 is 2.08 bits per heavy atom. The molecule has 0 aromatic heterocycles. The van der Waals surface area contributed by atoms with Gasteiger partial charge in [0.1, 0.15) is 0 Å². The van der Waals surface area contributed by atoms with Crippen LogP contribution in [0.15, 0.2) is 0 Å². The van der Waals surface area contributed by atoms with Gasteiger partial charge in [0.15, 0.2) is 0 Å². The molecule has 0 spiro atoms. The van der Waals surface area contributed by atoms with E-state index in [1.165, 1.54) is 38.8 Å². The molecule has 1 N–H and O–H groups in total. The van der Waals surface area contributed by atoms with Crippen molar-refractivity contribution in [2.45, 2.75) is 25.7 Å². The molecular formula is C10H17NO. The largest absolute Gasteiger partial charge is 0.380 e. The van der Waals surface area contributed by atoms with Gasteiger partial charge in [-0.15, -0.1) is 0 Å². The minimum absolute atomic E-state index is 0.547. The van der Waals surface area contributed by atoms with Gasteiger partial charge in [-0.1, -0.05) is 12.8 Å². The number of hydrogen-bond acceptors (Lipinski definition) is 2. The first-order valence-corrected chi connectivity index (χ1v) is 5.16. The van der Waals surface area contributed by atoms with E-state index in [2.05, 4.69) is 5.32 Å². The van der Waals surface area contributed by atoms with Gasteiger partial charge in [0.2, 0.25) is 0 Å². The fourth-order valence-electron chi connectivity index (χ4n) is 3.54. The fraction of sp³-hybridized carbons (Fsp3) is 1.00. The molecule has 1 aliphatic carbocycles. The first kappa shape index (κ1) is 7.34. The SMILES string of the molecule is C1CC[C@]23CNC[C@@]2(C1)COC3. The van der Waals surface area contributed by atoms with E-state index in [4.69, 9.17) is 4.74 Å². The Kier molecular flexibility index (Phi) is 1.37. The van der Waals surface area contributed by atoms with Crippen LogP contribution in [0.2, 0.25) is 0 Å². The van der Waals surface area contributed by atoms with E-state index in [9.17, 15) is 0 Å². The lowest BCUT2D eigenvalue weighted by molar-refractivity contribution is 0.0945. The maximum Gasteiger partial charge on any atom is 0.0541 e. The van der Waals surface area contributed by atoms with E-state index in [1.807, 2.05) is 0 Å². The zero-order valence-electron chi connectivity index (χ0n) is 7.57. The Bertz CT molecular complexity index is 172. The average molecular weight is 167 g/mol. The van der Waals surface area contributed by atoms with Crippen LogP contribution in [0.3, 0.4) is 0 Å². The van der Waals surface area contributed by atoms with Crippen molar-refractivity contribution in [3.8, 4) is 0 Å². The van der Waals surface area contributed by atoms with Gasteiger partial charge >= 0.3 is 0 Å². The van der Waals surface area contributed by atoms with Gasteiger partial charge in [-0.05, 0) is 12.8 Å². The summed E-state index contributed by atoms with van der Waals surface area (Å²) in [7, 11) is 0. The standard InChI is InChI=1S/C10H17NO/c1-2-4-10-6-11-5-9(10,3-1)7-12-8-10/h11H,1-8H2/t9-,10+. The van der Waals surface area contributed by atoms with Crippen molar-refractivity contribution in [3.05, 3.63) is 0 Å². The van der Waals surface area contributed by atoms with Gasteiger partial charge in [0.25, 0.3) is 0 Å². The lowest BCUT2D eigenvalue weighted by Gasteiger charge is -2.41. The molecule has 2 aliphatic heterocycles. The van der Waals surface area contributed by atoms with Crippen LogP contribution in [0.1, 0.15) is 25.7 Å². The predicted molar refractivity (Wildman–Crippen MR) is 47.0 cm³/mol. The highest BCUT2D eigenvalue weighted by Gasteiger charge is 2.59. The summed E-state index contributed by atoms with van der Waals surface area (Å²) >= 11 is 0. The molecule has 3 rings (SSSR count). The van der Waals surface area contributed by atoms with Crippen LogP contribution < -0.4 is 5.32 Å². The van der Waals surface area contributed by atoms with Gasteiger partial charge in [0, 0.05) is 23.9 Å². The van der Waals surface area contributed by atoms with E-state index in [0.717, 1.165) is 13.2 Å². The van der Waals surface area contributed by atoms with Crippen LogP contribution in [0.25, 0.3) is 0 Å². The Morgan fingerprint density at radius 2 is 1.50 bits per heavy atom. The molecule has 0 unspecified atom stereocenters. The summed E-state index contributed by atoms with van der Waals surface area (Å²) < 4.78 is 5.70. The molecule has 2 heterocycles. The van der Waals surface area contributed by atoms with Gasteiger partial charge in [-0.25, -0.2) is 0 Å². The lowest BCUT2D eigenvalue weighted by Crippen LogP contribution is -2.42. The lowest BCUT2D eigenvalue weighted by atomic mass is 9.60. The molecule has 2 heteroatoms. The van der Waals surface area contributed by atoms with Crippen LogP contribution in [0.5, 0.6) is 0 Å². The molecule has 0 bridgehead atoms. The highest BCUT2D eigenvalue weighted by molar-refractivity contribution is 5.10. The summed E-state index contributed by atoms with van der Waals surface area (Å²) in [5.74, 6) is 0. The number of ether oxygens (including phenoxy) is 1. The predicted octanol–water partition coefficient (Wildman–Crippen LogP) is 1.17. The van der Waals surface area contributed by atoms with E-state index >= 15 is 0 Å². The second-order valence-electron chi connectivity index (χ2n) is 4.86. The monoisotopic (exact) mass is 167 g/mol. The van der Waals surface area contributed by atoms with Crippen LogP contribution in [-0.2, 0) is 4.74 Å². The Morgan fingerprint density at radius 1 is 0.917 bits per heavy atom. The molecule has 2 saturated heterocycles. The van der Waals surface area contributed by atoms with E-state index in [1.54, 1.807) is 0 Å². The number of nitrogens with one attached hydrogen (secondary N) is 1. The van der Waals surface area contributed by atoms with Crippen molar-refractivity contribution in [1.29, 1.82) is 0 Å². The summed E-state index contributed by atoms with van der Waals surface area (Å²) in [5.41, 5.74) is 1.09. The second kappa shape index (κ2) is 2.24. The molecule has 3 aliphatic rings. The molecule has 0 amide bonds. The molecule has 0 aromatic rings. The number of rotatable bonds is 0. The topological polar surface area (TPSA) is 21.3 Å². The van der Waals surface area contributed by atoms with Crippen LogP contribution in [0, 0.1) is 10.8 Å². The highest BCUT2D eigenvalue weighted by Crippen LogP contribution is 2.56. The Balaban J connectivity index is 2.00. The Hall–Kier alpha value is -0.0800. The molecule has 68 valence electrons. The van der Waals surface area contributed by atoms with E-state index in [0.29, 0.717) is 10.8 Å². The maximum atomic E-state index is 5.70. The minimum atomic E-state index is 0.547. The third-order valence-corrected chi connectivity index (χ3v) is 4.37. The molecule has 2 nitrogen and oxygen atoms in total. The van der Waals surface area contributed by atoms with E-state index in [-0.39, 0.29) is 0 Å². The van der Waals surface area contributed by atoms with Crippen molar-refractivity contribution < 1.29 is 4.74 Å². The molecule has 12 heavy (non-hydrogen) atoms. The van der Waals surface area contributed by atoms with Gasteiger partial charge in [-0.2, -0.15) is 0 Å². The zero-order valence-corrected chi connectivity index (χ0v) is 7.57. The quantitative estimate of drug-likeness (QED) is 0.584. The summed E-state index contributed by atoms with van der Waals surface area (Å²) in [4.78, 5) is 0.